The van der Waals surface area contributed by atoms with Crippen molar-refractivity contribution in [3.05, 3.63) is 54.4 Å². The number of carbonyl (C=O) groups excluding carboxylic acids is 1. The van der Waals surface area contributed by atoms with E-state index in [-0.39, 0.29) is 11.8 Å². The summed E-state index contributed by atoms with van der Waals surface area (Å²) >= 11 is 0. The molecule has 5 heteroatoms. The fraction of sp³-hybridized carbons (Fsp3) is 0.462. The smallest absolute Gasteiger partial charge is 0.227 e. The summed E-state index contributed by atoms with van der Waals surface area (Å²) in [5, 5.41) is 0. The number of anilines is 1. The van der Waals surface area contributed by atoms with Crippen LogP contribution in [0.5, 0.6) is 5.75 Å². The Labute approximate surface area is 184 Å². The maximum absolute atomic E-state index is 12.9. The van der Waals surface area contributed by atoms with Gasteiger partial charge < -0.3 is 14.2 Å². The molecule has 1 aromatic heterocycles. The number of hydrogen-bond acceptors (Lipinski definition) is 3. The van der Waals surface area contributed by atoms with Gasteiger partial charge in [0.25, 0.3) is 0 Å². The number of aromatic nitrogens is 2. The van der Waals surface area contributed by atoms with Gasteiger partial charge in [-0.2, -0.15) is 0 Å². The largest absolute Gasteiger partial charge is 0.497 e. The Morgan fingerprint density at radius 3 is 2.74 bits per heavy atom. The summed E-state index contributed by atoms with van der Waals surface area (Å²) in [5.74, 6) is 2.92. The summed E-state index contributed by atoms with van der Waals surface area (Å²) in [7, 11) is 1.66. The van der Waals surface area contributed by atoms with E-state index in [1.807, 2.05) is 35.2 Å². The lowest BCUT2D eigenvalue weighted by Gasteiger charge is -2.23. The number of carbonyl (C=O) groups is 1. The van der Waals surface area contributed by atoms with E-state index in [4.69, 9.17) is 9.72 Å². The number of para-hydroxylation sites is 2. The fourth-order valence-corrected chi connectivity index (χ4v) is 5.34. The highest BCUT2D eigenvalue weighted by molar-refractivity contribution is 5.96. The van der Waals surface area contributed by atoms with Crippen LogP contribution < -0.4 is 9.64 Å². The molecule has 2 aromatic carbocycles. The Morgan fingerprint density at radius 2 is 1.90 bits per heavy atom. The second-order valence-electron chi connectivity index (χ2n) is 9.01. The van der Waals surface area contributed by atoms with Crippen molar-refractivity contribution in [3.8, 4) is 5.75 Å². The number of ether oxygens (including phenoxy) is 1. The van der Waals surface area contributed by atoms with Crippen molar-refractivity contribution in [2.75, 3.05) is 18.6 Å². The quantitative estimate of drug-likeness (QED) is 0.529. The highest BCUT2D eigenvalue weighted by atomic mass is 16.5. The molecule has 1 atom stereocenters. The zero-order valence-electron chi connectivity index (χ0n) is 18.3. The van der Waals surface area contributed by atoms with Gasteiger partial charge in [0.1, 0.15) is 11.6 Å². The monoisotopic (exact) mass is 417 g/mol. The lowest BCUT2D eigenvalue weighted by atomic mass is 9.87. The number of imidazole rings is 1. The van der Waals surface area contributed by atoms with Gasteiger partial charge in [-0.15, -0.1) is 0 Å². The predicted octanol–water partition coefficient (Wildman–Crippen LogP) is 5.54. The molecule has 2 heterocycles. The molecule has 1 aliphatic carbocycles. The molecule has 2 fully saturated rings. The highest BCUT2D eigenvalue weighted by Crippen LogP contribution is 2.35. The van der Waals surface area contributed by atoms with E-state index in [1.165, 1.54) is 44.0 Å². The van der Waals surface area contributed by atoms with Gasteiger partial charge in [0.2, 0.25) is 5.91 Å². The Morgan fingerprint density at radius 1 is 1.06 bits per heavy atom. The lowest BCUT2D eigenvalue weighted by molar-refractivity contribution is -0.117. The van der Waals surface area contributed by atoms with Crippen molar-refractivity contribution >= 4 is 22.6 Å². The third-order valence-corrected chi connectivity index (χ3v) is 7.02. The van der Waals surface area contributed by atoms with Crippen LogP contribution in [0.25, 0.3) is 11.0 Å². The SMILES string of the molecule is COc1cccc(N2C[C@@H](c3nc4ccccc4n3CCC3CCCCC3)CC2=O)c1. The van der Waals surface area contributed by atoms with Crippen LogP contribution in [0.2, 0.25) is 0 Å². The molecule has 1 saturated heterocycles. The lowest BCUT2D eigenvalue weighted by Crippen LogP contribution is -2.24. The van der Waals surface area contributed by atoms with Crippen LogP contribution in [0, 0.1) is 5.92 Å². The Balaban J connectivity index is 1.42. The summed E-state index contributed by atoms with van der Waals surface area (Å²) in [5.41, 5.74) is 3.13. The van der Waals surface area contributed by atoms with E-state index < -0.39 is 0 Å². The van der Waals surface area contributed by atoms with E-state index in [0.29, 0.717) is 13.0 Å². The Kier molecular flexibility index (Phi) is 5.66. The fourth-order valence-electron chi connectivity index (χ4n) is 5.34. The number of methoxy groups -OCH3 is 1. The van der Waals surface area contributed by atoms with Gasteiger partial charge in [-0.25, -0.2) is 4.98 Å². The molecule has 0 unspecified atom stereocenters. The summed E-state index contributed by atoms with van der Waals surface area (Å²) < 4.78 is 7.76. The molecule has 2 aliphatic rings. The number of fused-ring (bicyclic) bond motifs is 1. The average molecular weight is 418 g/mol. The van der Waals surface area contributed by atoms with Gasteiger partial charge in [0, 0.05) is 37.2 Å². The first-order valence-corrected chi connectivity index (χ1v) is 11.6. The van der Waals surface area contributed by atoms with Crippen LogP contribution in [0.15, 0.2) is 48.5 Å². The third kappa shape index (κ3) is 4.06. The van der Waals surface area contributed by atoms with Gasteiger partial charge in [0.05, 0.1) is 18.1 Å². The van der Waals surface area contributed by atoms with Gasteiger partial charge in [0.15, 0.2) is 0 Å². The van der Waals surface area contributed by atoms with Crippen molar-refractivity contribution in [2.45, 2.75) is 57.4 Å². The summed E-state index contributed by atoms with van der Waals surface area (Å²) in [6, 6.07) is 16.2. The molecule has 0 spiro atoms. The van der Waals surface area contributed by atoms with Crippen molar-refractivity contribution in [1.82, 2.24) is 9.55 Å². The number of benzene rings is 2. The van der Waals surface area contributed by atoms with Gasteiger partial charge >= 0.3 is 0 Å². The molecule has 162 valence electrons. The molecule has 5 nitrogen and oxygen atoms in total. The molecule has 1 amide bonds. The van der Waals surface area contributed by atoms with Crippen molar-refractivity contribution < 1.29 is 9.53 Å². The number of nitrogens with zero attached hydrogens (tertiary/aromatic N) is 3. The molecule has 3 aromatic rings. The topological polar surface area (TPSA) is 47.4 Å². The molecule has 0 N–H and O–H groups in total. The van der Waals surface area contributed by atoms with E-state index >= 15 is 0 Å². The molecule has 1 aliphatic heterocycles. The van der Waals surface area contributed by atoms with Crippen LogP contribution in [0.4, 0.5) is 5.69 Å². The first-order chi connectivity index (χ1) is 15.2. The van der Waals surface area contributed by atoms with E-state index in [9.17, 15) is 4.79 Å². The third-order valence-electron chi connectivity index (χ3n) is 7.02. The maximum atomic E-state index is 12.9. The van der Waals surface area contributed by atoms with Crippen LogP contribution in [-0.2, 0) is 11.3 Å². The molecule has 0 radical (unpaired) electrons. The Hall–Kier alpha value is -2.82. The summed E-state index contributed by atoms with van der Waals surface area (Å²) in [6.07, 6.45) is 8.54. The summed E-state index contributed by atoms with van der Waals surface area (Å²) in [4.78, 5) is 19.8. The molecule has 31 heavy (non-hydrogen) atoms. The molecule has 5 rings (SSSR count). The Bertz CT molecular complexity index is 1070. The first kappa shape index (κ1) is 20.1. The zero-order valence-corrected chi connectivity index (χ0v) is 18.3. The number of hydrogen-bond donors (Lipinski definition) is 0. The predicted molar refractivity (Wildman–Crippen MR) is 124 cm³/mol. The van der Waals surface area contributed by atoms with E-state index in [0.717, 1.165) is 35.2 Å². The van der Waals surface area contributed by atoms with E-state index in [2.05, 4.69) is 22.8 Å². The van der Waals surface area contributed by atoms with E-state index in [1.54, 1.807) is 7.11 Å². The number of amides is 1. The minimum absolute atomic E-state index is 0.109. The molecule has 0 bridgehead atoms. The number of rotatable bonds is 6. The molecule has 1 saturated carbocycles. The first-order valence-electron chi connectivity index (χ1n) is 11.6. The second-order valence-corrected chi connectivity index (χ2v) is 9.01. The van der Waals surface area contributed by atoms with Crippen LogP contribution in [0.3, 0.4) is 0 Å². The standard InChI is InChI=1S/C26H31N3O2/c1-31-22-11-7-10-21(17-22)29-18-20(16-25(29)30)26-27-23-12-5-6-13-24(23)28(26)15-14-19-8-3-2-4-9-19/h5-7,10-13,17,19-20H,2-4,8-9,14-16,18H2,1H3/t20-/m0/s1. The highest BCUT2D eigenvalue weighted by Gasteiger charge is 2.35. The van der Waals surface area contributed by atoms with Gasteiger partial charge in [-0.1, -0.05) is 50.3 Å². The summed E-state index contributed by atoms with van der Waals surface area (Å²) in [6.45, 7) is 1.66. The second kappa shape index (κ2) is 8.74. The van der Waals surface area contributed by atoms with Crippen molar-refractivity contribution in [3.63, 3.8) is 0 Å². The van der Waals surface area contributed by atoms with Gasteiger partial charge in [-0.05, 0) is 36.6 Å². The minimum atomic E-state index is 0.109. The average Bonchev–Trinajstić information content (AvgIpc) is 3.39. The van der Waals surface area contributed by atoms with Gasteiger partial charge in [-0.3, -0.25) is 4.79 Å². The maximum Gasteiger partial charge on any atom is 0.227 e. The van der Waals surface area contributed by atoms with Crippen LogP contribution >= 0.6 is 0 Å². The van der Waals surface area contributed by atoms with Crippen molar-refractivity contribution in [2.24, 2.45) is 5.92 Å². The normalized spacial score (nSPS) is 20.0. The zero-order chi connectivity index (χ0) is 21.2. The minimum Gasteiger partial charge on any atom is -0.497 e. The van der Waals surface area contributed by atoms with Crippen LogP contribution in [-0.4, -0.2) is 29.1 Å². The molecular formula is C26H31N3O2. The molecular weight excluding hydrogens is 386 g/mol. The van der Waals surface area contributed by atoms with Crippen LogP contribution in [0.1, 0.15) is 56.7 Å². The van der Waals surface area contributed by atoms with Crippen molar-refractivity contribution in [1.29, 1.82) is 0 Å². The number of aryl methyl sites for hydroxylation is 1.